The maximum atomic E-state index is 13.2. The highest BCUT2D eigenvalue weighted by Crippen LogP contribution is 2.36. The summed E-state index contributed by atoms with van der Waals surface area (Å²) in [5.74, 6) is -0.833. The minimum atomic E-state index is -4.81. The van der Waals surface area contributed by atoms with Gasteiger partial charge in [-0.25, -0.2) is 14.8 Å². The Kier molecular flexibility index (Phi) is 9.31. The molecular weight excluding hydrogens is 527 g/mol. The Morgan fingerprint density at radius 2 is 2.05 bits per heavy atom. The summed E-state index contributed by atoms with van der Waals surface area (Å²) in [5, 5.41) is 3.33. The summed E-state index contributed by atoms with van der Waals surface area (Å²) in [6.07, 6.45) is -2.40. The number of esters is 1. The minimum absolute atomic E-state index is 0.0216. The van der Waals surface area contributed by atoms with Gasteiger partial charge in [-0.2, -0.15) is 0 Å². The van der Waals surface area contributed by atoms with Gasteiger partial charge in [-0.15, -0.1) is 13.2 Å². The van der Waals surface area contributed by atoms with E-state index in [2.05, 4.69) is 26.6 Å². The minimum Gasteiger partial charge on any atom is -0.481 e. The first-order valence-electron chi connectivity index (χ1n) is 11.6. The SMILES string of the molecule is C=C/N=C1/SC(NC(=O)N2CCCC(Cc3ccc(OC(F)(F)F)cc3)(C(=O)OCC)C2)=N/C1=C(/N)OC. The number of hydrogen-bond acceptors (Lipinski definition) is 9. The smallest absolute Gasteiger partial charge is 0.481 e. The summed E-state index contributed by atoms with van der Waals surface area (Å²) in [6.45, 7) is 5.78. The Labute approximate surface area is 221 Å². The monoisotopic (exact) mass is 555 g/mol. The largest absolute Gasteiger partial charge is 0.573 e. The van der Waals surface area contributed by atoms with Crippen LogP contribution in [0.2, 0.25) is 0 Å². The van der Waals surface area contributed by atoms with Crippen LogP contribution < -0.4 is 15.8 Å². The first-order chi connectivity index (χ1) is 18.0. The van der Waals surface area contributed by atoms with E-state index in [9.17, 15) is 22.8 Å². The molecule has 38 heavy (non-hydrogen) atoms. The second kappa shape index (κ2) is 12.2. The van der Waals surface area contributed by atoms with Crippen LogP contribution >= 0.6 is 11.8 Å². The summed E-state index contributed by atoms with van der Waals surface area (Å²) < 4.78 is 51.8. The molecule has 0 saturated carbocycles. The molecule has 1 saturated heterocycles. The van der Waals surface area contributed by atoms with Crippen LogP contribution in [0.25, 0.3) is 0 Å². The first-order valence-corrected chi connectivity index (χ1v) is 12.4. The number of amidine groups is 1. The number of urea groups is 1. The lowest BCUT2D eigenvalue weighted by molar-refractivity contribution is -0.274. The van der Waals surface area contributed by atoms with Gasteiger partial charge in [-0.05, 0) is 55.6 Å². The van der Waals surface area contributed by atoms with Gasteiger partial charge in [0.2, 0.25) is 5.88 Å². The maximum Gasteiger partial charge on any atom is 0.573 e. The number of carbonyl (C=O) groups is 2. The van der Waals surface area contributed by atoms with Gasteiger partial charge in [0.25, 0.3) is 0 Å². The molecule has 2 heterocycles. The molecule has 1 aromatic carbocycles. The number of aliphatic imine (C=N–C) groups is 2. The molecule has 0 spiro atoms. The van der Waals surface area contributed by atoms with Crippen LogP contribution in [0.1, 0.15) is 25.3 Å². The van der Waals surface area contributed by atoms with Crippen molar-refractivity contribution >= 4 is 34.0 Å². The van der Waals surface area contributed by atoms with E-state index in [-0.39, 0.29) is 42.1 Å². The van der Waals surface area contributed by atoms with Crippen LogP contribution in [0.15, 0.2) is 58.6 Å². The number of likely N-dealkylation sites (tertiary alicyclic amines) is 1. The molecule has 1 aromatic rings. The van der Waals surface area contributed by atoms with Gasteiger partial charge >= 0.3 is 18.4 Å². The number of rotatable bonds is 7. The number of amides is 2. The van der Waals surface area contributed by atoms with Gasteiger partial charge in [-0.3, -0.25) is 10.1 Å². The molecule has 206 valence electrons. The predicted octanol–water partition coefficient (Wildman–Crippen LogP) is 3.90. The molecular formula is C24H28F3N5O5S. The molecule has 10 nitrogen and oxygen atoms in total. The molecule has 2 aliphatic heterocycles. The number of piperidine rings is 1. The molecule has 2 aliphatic rings. The van der Waals surface area contributed by atoms with Crippen LogP contribution in [-0.4, -0.2) is 60.3 Å². The average molecular weight is 556 g/mol. The molecule has 0 radical (unpaired) electrons. The number of nitrogens with two attached hydrogens (primary N) is 1. The molecule has 0 bridgehead atoms. The van der Waals surface area contributed by atoms with Crippen molar-refractivity contribution in [2.75, 3.05) is 26.8 Å². The lowest BCUT2D eigenvalue weighted by atomic mass is 9.75. The summed E-state index contributed by atoms with van der Waals surface area (Å²) in [6, 6.07) is 4.79. The van der Waals surface area contributed by atoms with Gasteiger partial charge in [0.05, 0.1) is 19.1 Å². The third kappa shape index (κ3) is 7.21. The summed E-state index contributed by atoms with van der Waals surface area (Å²) >= 11 is 1.07. The highest BCUT2D eigenvalue weighted by molar-refractivity contribution is 8.27. The van der Waals surface area contributed by atoms with Crippen molar-refractivity contribution in [2.45, 2.75) is 32.5 Å². The maximum absolute atomic E-state index is 13.2. The second-order valence-corrected chi connectivity index (χ2v) is 9.35. The van der Waals surface area contributed by atoms with Crippen LogP contribution in [0.5, 0.6) is 5.75 Å². The van der Waals surface area contributed by atoms with Crippen molar-refractivity contribution in [3.8, 4) is 5.75 Å². The van der Waals surface area contributed by atoms with E-state index in [1.165, 1.54) is 42.5 Å². The second-order valence-electron chi connectivity index (χ2n) is 8.38. The van der Waals surface area contributed by atoms with E-state index < -0.39 is 23.8 Å². The zero-order chi connectivity index (χ0) is 27.9. The van der Waals surface area contributed by atoms with E-state index in [1.807, 2.05) is 0 Å². The third-order valence-corrected chi connectivity index (χ3v) is 6.64. The molecule has 0 aliphatic carbocycles. The molecule has 1 fully saturated rings. The number of hydrogen-bond donors (Lipinski definition) is 2. The van der Waals surface area contributed by atoms with E-state index in [0.29, 0.717) is 30.0 Å². The highest BCUT2D eigenvalue weighted by atomic mass is 32.2. The van der Waals surface area contributed by atoms with E-state index in [0.717, 1.165) is 11.8 Å². The normalized spacial score (nSPS) is 22.0. The first kappa shape index (κ1) is 28.9. The Morgan fingerprint density at radius 1 is 1.34 bits per heavy atom. The van der Waals surface area contributed by atoms with Crippen molar-refractivity contribution in [3.05, 3.63) is 54.2 Å². The number of methoxy groups -OCH3 is 1. The van der Waals surface area contributed by atoms with Crippen LogP contribution in [0.4, 0.5) is 18.0 Å². The fourth-order valence-corrected chi connectivity index (χ4v) is 4.96. The van der Waals surface area contributed by atoms with Crippen LogP contribution in [0.3, 0.4) is 0 Å². The van der Waals surface area contributed by atoms with Crippen molar-refractivity contribution in [1.82, 2.24) is 10.2 Å². The van der Waals surface area contributed by atoms with Gasteiger partial charge in [0.1, 0.15) is 10.8 Å². The zero-order valence-electron chi connectivity index (χ0n) is 20.8. The van der Waals surface area contributed by atoms with Gasteiger partial charge in [-0.1, -0.05) is 18.7 Å². The van der Waals surface area contributed by atoms with Gasteiger partial charge < -0.3 is 24.8 Å². The Morgan fingerprint density at radius 3 is 2.66 bits per heavy atom. The van der Waals surface area contributed by atoms with E-state index in [4.69, 9.17) is 15.2 Å². The average Bonchev–Trinajstić information content (AvgIpc) is 3.26. The standard InChI is InChI=1S/C24H28F3N5O5S/c1-4-29-19-17(18(28)35-3)30-21(38-19)31-22(34)32-12-6-11-23(14-32,20(33)36-5-2)13-15-7-9-16(10-8-15)37-24(25,26)27/h4,7-10H,1,5-6,11-14,28H2,2-3H3,(H,30,31,34)/b18-17-,29-19+. The van der Waals surface area contributed by atoms with E-state index >= 15 is 0 Å². The van der Waals surface area contributed by atoms with Gasteiger partial charge in [0.15, 0.2) is 10.9 Å². The quantitative estimate of drug-likeness (QED) is 0.386. The lowest BCUT2D eigenvalue weighted by Crippen LogP contribution is -2.54. The van der Waals surface area contributed by atoms with Gasteiger partial charge in [0, 0.05) is 19.3 Å². The number of carbonyl (C=O) groups excluding carboxylic acids is 2. The Hall–Kier alpha value is -3.68. The van der Waals surface area contributed by atoms with Crippen molar-refractivity contribution in [2.24, 2.45) is 21.1 Å². The van der Waals surface area contributed by atoms with Crippen molar-refractivity contribution in [3.63, 3.8) is 0 Å². The number of alkyl halides is 3. The number of benzene rings is 1. The Bertz CT molecular complexity index is 1150. The fourth-order valence-electron chi connectivity index (χ4n) is 4.14. The molecule has 3 rings (SSSR count). The third-order valence-electron chi connectivity index (χ3n) is 5.76. The van der Waals surface area contributed by atoms with Crippen LogP contribution in [0, 0.1) is 5.41 Å². The molecule has 3 N–H and O–H groups in total. The zero-order valence-corrected chi connectivity index (χ0v) is 21.7. The number of ether oxygens (including phenoxy) is 3. The van der Waals surface area contributed by atoms with Crippen molar-refractivity contribution < 1.29 is 37.0 Å². The van der Waals surface area contributed by atoms with Crippen LogP contribution in [-0.2, 0) is 20.7 Å². The number of halogens is 3. The van der Waals surface area contributed by atoms with Crippen molar-refractivity contribution in [1.29, 1.82) is 0 Å². The summed E-state index contributed by atoms with van der Waals surface area (Å²) in [4.78, 5) is 36.2. The summed E-state index contributed by atoms with van der Waals surface area (Å²) in [5.41, 5.74) is 5.59. The highest BCUT2D eigenvalue weighted by Gasteiger charge is 2.45. The lowest BCUT2D eigenvalue weighted by Gasteiger charge is -2.41. The number of thioether (sulfide) groups is 1. The predicted molar refractivity (Wildman–Crippen MR) is 136 cm³/mol. The topological polar surface area (TPSA) is 128 Å². The Balaban J connectivity index is 1.78. The summed E-state index contributed by atoms with van der Waals surface area (Å²) in [7, 11) is 1.38. The molecule has 1 atom stereocenters. The number of nitrogens with one attached hydrogen (secondary N) is 1. The molecule has 2 amide bonds. The molecule has 1 unspecified atom stereocenters. The fraction of sp³-hybridized carbons (Fsp3) is 0.417. The number of nitrogens with zero attached hydrogens (tertiary/aromatic N) is 3. The molecule has 0 aromatic heterocycles. The van der Waals surface area contributed by atoms with E-state index in [1.54, 1.807) is 6.92 Å². The molecule has 14 heteroatoms.